The molecule has 4 nitrogen and oxygen atoms in total. The fourth-order valence-electron chi connectivity index (χ4n) is 2.22. The average molecular weight is 287 g/mol. The number of hydrogen-bond acceptors (Lipinski definition) is 4. The van der Waals surface area contributed by atoms with Gasteiger partial charge in [-0.25, -0.2) is 9.50 Å². The first-order valence-corrected chi connectivity index (χ1v) is 7.49. The summed E-state index contributed by atoms with van der Waals surface area (Å²) >= 11 is 1.60. The Morgan fingerprint density at radius 3 is 2.60 bits per heavy atom. The Bertz CT molecular complexity index is 727. The highest BCUT2D eigenvalue weighted by Crippen LogP contribution is 2.20. The molecule has 20 heavy (non-hydrogen) atoms. The van der Waals surface area contributed by atoms with Crippen molar-refractivity contribution in [3.8, 4) is 0 Å². The van der Waals surface area contributed by atoms with Gasteiger partial charge in [0.15, 0.2) is 0 Å². The topological polar surface area (TPSA) is 50.4 Å². The third kappa shape index (κ3) is 2.46. The number of aliphatic hydroxyl groups is 1. The molecule has 1 aromatic carbocycles. The molecule has 0 saturated carbocycles. The molecule has 0 atom stereocenters. The van der Waals surface area contributed by atoms with E-state index < -0.39 is 0 Å². The first kappa shape index (κ1) is 13.3. The Kier molecular flexibility index (Phi) is 3.54. The monoisotopic (exact) mass is 287 g/mol. The number of nitrogens with zero attached hydrogens (tertiary/aromatic N) is 3. The number of rotatable bonds is 4. The molecule has 104 valence electrons. The first-order valence-electron chi connectivity index (χ1n) is 6.67. The van der Waals surface area contributed by atoms with Gasteiger partial charge in [0.2, 0.25) is 4.96 Å². The van der Waals surface area contributed by atoms with E-state index in [9.17, 15) is 5.11 Å². The van der Waals surface area contributed by atoms with Gasteiger partial charge in [-0.2, -0.15) is 5.10 Å². The molecule has 0 amide bonds. The summed E-state index contributed by atoms with van der Waals surface area (Å²) in [7, 11) is 0. The van der Waals surface area contributed by atoms with Crippen molar-refractivity contribution in [2.24, 2.45) is 0 Å². The molecule has 0 aliphatic rings. The summed E-state index contributed by atoms with van der Waals surface area (Å²) in [5.41, 5.74) is 4.25. The number of fused-ring (bicyclic) bond motifs is 1. The van der Waals surface area contributed by atoms with E-state index in [-0.39, 0.29) is 6.61 Å². The van der Waals surface area contributed by atoms with Gasteiger partial charge >= 0.3 is 0 Å². The number of aliphatic hydroxyl groups excluding tert-OH is 1. The van der Waals surface area contributed by atoms with Gasteiger partial charge in [-0.3, -0.25) is 0 Å². The first-order chi connectivity index (χ1) is 9.67. The molecule has 2 aromatic heterocycles. The highest BCUT2D eigenvalue weighted by atomic mass is 32.1. The van der Waals surface area contributed by atoms with Crippen LogP contribution in [0, 0.1) is 13.8 Å². The van der Waals surface area contributed by atoms with Crippen molar-refractivity contribution in [1.29, 1.82) is 0 Å². The van der Waals surface area contributed by atoms with Gasteiger partial charge in [0.05, 0.1) is 18.0 Å². The van der Waals surface area contributed by atoms with Crippen LogP contribution in [-0.2, 0) is 19.4 Å². The lowest BCUT2D eigenvalue weighted by Crippen LogP contribution is -1.97. The molecule has 1 N–H and O–H groups in total. The summed E-state index contributed by atoms with van der Waals surface area (Å²) in [6.07, 6.45) is 1.88. The molecular weight excluding hydrogens is 270 g/mol. The maximum atomic E-state index is 9.35. The van der Waals surface area contributed by atoms with Gasteiger partial charge in [-0.15, -0.1) is 0 Å². The van der Waals surface area contributed by atoms with Crippen molar-refractivity contribution < 1.29 is 5.11 Å². The summed E-state index contributed by atoms with van der Waals surface area (Å²) in [5.74, 6) is 0. The van der Waals surface area contributed by atoms with Crippen molar-refractivity contribution in [3.05, 3.63) is 51.8 Å². The zero-order valence-electron chi connectivity index (χ0n) is 11.6. The molecule has 0 saturated heterocycles. The van der Waals surface area contributed by atoms with E-state index in [0.29, 0.717) is 0 Å². The molecule has 0 aliphatic carbocycles. The van der Waals surface area contributed by atoms with Crippen LogP contribution in [0.1, 0.15) is 27.5 Å². The SMILES string of the molecule is Cc1ccc(CCc2nn3c(CO)c(C)nc3s2)cc1. The fourth-order valence-corrected chi connectivity index (χ4v) is 3.18. The standard InChI is InChI=1S/C15H17N3OS/c1-10-3-5-12(6-4-10)7-8-14-17-18-13(9-19)11(2)16-15(18)20-14/h3-6,19H,7-9H2,1-2H3. The minimum absolute atomic E-state index is 0.0197. The number of imidazole rings is 1. The van der Waals surface area contributed by atoms with Gasteiger partial charge in [-0.1, -0.05) is 41.2 Å². The van der Waals surface area contributed by atoms with E-state index >= 15 is 0 Å². The van der Waals surface area contributed by atoms with E-state index in [1.807, 2.05) is 6.92 Å². The van der Waals surface area contributed by atoms with Crippen LogP contribution in [0.15, 0.2) is 24.3 Å². The Balaban J connectivity index is 1.78. The lowest BCUT2D eigenvalue weighted by molar-refractivity contribution is 0.273. The number of aryl methyl sites for hydroxylation is 4. The number of hydrogen-bond donors (Lipinski definition) is 1. The van der Waals surface area contributed by atoms with E-state index in [0.717, 1.165) is 34.2 Å². The lowest BCUT2D eigenvalue weighted by atomic mass is 10.1. The summed E-state index contributed by atoms with van der Waals surface area (Å²) in [6.45, 7) is 3.98. The van der Waals surface area contributed by atoms with Crippen LogP contribution in [0.3, 0.4) is 0 Å². The minimum Gasteiger partial charge on any atom is -0.390 e. The zero-order valence-corrected chi connectivity index (χ0v) is 12.4. The summed E-state index contributed by atoms with van der Waals surface area (Å²) in [6, 6.07) is 8.60. The predicted octanol–water partition coefficient (Wildman–Crippen LogP) is 2.69. The van der Waals surface area contributed by atoms with Crippen LogP contribution < -0.4 is 0 Å². The summed E-state index contributed by atoms with van der Waals surface area (Å²) in [5, 5.41) is 15.0. The Morgan fingerprint density at radius 2 is 1.90 bits per heavy atom. The molecule has 3 aromatic rings. The normalized spacial score (nSPS) is 11.3. The van der Waals surface area contributed by atoms with Crippen molar-refractivity contribution >= 4 is 16.3 Å². The highest BCUT2D eigenvalue weighted by Gasteiger charge is 2.12. The maximum Gasteiger partial charge on any atom is 0.212 e. The van der Waals surface area contributed by atoms with Gasteiger partial charge in [0.25, 0.3) is 0 Å². The lowest BCUT2D eigenvalue weighted by Gasteiger charge is -1.99. The molecule has 0 radical (unpaired) electrons. The van der Waals surface area contributed by atoms with Gasteiger partial charge in [-0.05, 0) is 25.8 Å². The van der Waals surface area contributed by atoms with E-state index in [4.69, 9.17) is 0 Å². The molecule has 3 rings (SSSR count). The second-order valence-electron chi connectivity index (χ2n) is 4.98. The van der Waals surface area contributed by atoms with Crippen LogP contribution in [0.4, 0.5) is 0 Å². The summed E-state index contributed by atoms with van der Waals surface area (Å²) < 4.78 is 1.77. The molecule has 0 unspecified atom stereocenters. The molecule has 2 heterocycles. The van der Waals surface area contributed by atoms with Crippen LogP contribution in [0.5, 0.6) is 0 Å². The van der Waals surface area contributed by atoms with Crippen molar-refractivity contribution in [3.63, 3.8) is 0 Å². The molecule has 0 fully saturated rings. The molecule has 5 heteroatoms. The predicted molar refractivity (Wildman–Crippen MR) is 80.1 cm³/mol. The largest absolute Gasteiger partial charge is 0.390 e. The van der Waals surface area contributed by atoms with Crippen molar-refractivity contribution in [2.45, 2.75) is 33.3 Å². The smallest absolute Gasteiger partial charge is 0.212 e. The third-order valence-electron chi connectivity index (χ3n) is 3.44. The van der Waals surface area contributed by atoms with E-state index in [1.165, 1.54) is 11.1 Å². The zero-order chi connectivity index (χ0) is 14.1. The van der Waals surface area contributed by atoms with Gasteiger partial charge in [0.1, 0.15) is 5.01 Å². The van der Waals surface area contributed by atoms with Gasteiger partial charge in [0, 0.05) is 6.42 Å². The average Bonchev–Trinajstić information content (AvgIpc) is 2.94. The number of benzene rings is 1. The van der Waals surface area contributed by atoms with Crippen molar-refractivity contribution in [2.75, 3.05) is 0 Å². The summed E-state index contributed by atoms with van der Waals surface area (Å²) in [4.78, 5) is 5.30. The maximum absolute atomic E-state index is 9.35. The highest BCUT2D eigenvalue weighted by molar-refractivity contribution is 7.16. The Hall–Kier alpha value is -1.72. The molecule has 0 bridgehead atoms. The Labute approximate surface area is 121 Å². The second-order valence-corrected chi connectivity index (χ2v) is 6.02. The van der Waals surface area contributed by atoms with Crippen LogP contribution in [-0.4, -0.2) is 19.7 Å². The number of aromatic nitrogens is 3. The third-order valence-corrected chi connectivity index (χ3v) is 4.40. The van der Waals surface area contributed by atoms with Crippen LogP contribution in [0.25, 0.3) is 4.96 Å². The van der Waals surface area contributed by atoms with E-state index in [2.05, 4.69) is 41.3 Å². The van der Waals surface area contributed by atoms with Crippen LogP contribution >= 0.6 is 11.3 Å². The molecule has 0 aliphatic heterocycles. The quantitative estimate of drug-likeness (QED) is 0.802. The van der Waals surface area contributed by atoms with E-state index in [1.54, 1.807) is 15.9 Å². The minimum atomic E-state index is -0.0197. The second kappa shape index (κ2) is 5.34. The van der Waals surface area contributed by atoms with Crippen molar-refractivity contribution in [1.82, 2.24) is 14.6 Å². The van der Waals surface area contributed by atoms with Crippen LogP contribution in [0.2, 0.25) is 0 Å². The molecule has 0 spiro atoms. The molecular formula is C15H17N3OS. The van der Waals surface area contributed by atoms with Gasteiger partial charge < -0.3 is 5.11 Å². The Morgan fingerprint density at radius 1 is 1.15 bits per heavy atom. The fraction of sp³-hybridized carbons (Fsp3) is 0.333.